The summed E-state index contributed by atoms with van der Waals surface area (Å²) in [6.45, 7) is 0. The van der Waals surface area contributed by atoms with Crippen molar-refractivity contribution < 1.29 is 9.13 Å². The fourth-order valence-corrected chi connectivity index (χ4v) is 3.14. The van der Waals surface area contributed by atoms with Crippen molar-refractivity contribution in [2.75, 3.05) is 7.11 Å². The minimum absolute atomic E-state index is 0.344. The molecule has 0 amide bonds. The summed E-state index contributed by atoms with van der Waals surface area (Å²) in [5.74, 6) is 0.414. The average molecular weight is 346 g/mol. The molecule has 0 spiro atoms. The Hall–Kier alpha value is -3.19. The van der Waals surface area contributed by atoms with Gasteiger partial charge in [0.15, 0.2) is 0 Å². The van der Waals surface area contributed by atoms with E-state index in [2.05, 4.69) is 11.1 Å². The molecule has 0 saturated carbocycles. The molecule has 0 fully saturated rings. The molecular formula is C22H19FN2O. The first kappa shape index (κ1) is 17.6. The first-order valence-corrected chi connectivity index (χ1v) is 8.34. The van der Waals surface area contributed by atoms with Crippen LogP contribution in [0, 0.1) is 17.1 Å². The van der Waals surface area contributed by atoms with Crippen LogP contribution in [0.4, 0.5) is 4.39 Å². The van der Waals surface area contributed by atoms with Gasteiger partial charge in [-0.1, -0.05) is 30.3 Å². The number of rotatable bonds is 6. The Morgan fingerprint density at radius 2 is 1.81 bits per heavy atom. The number of hydrogen-bond acceptors (Lipinski definition) is 3. The van der Waals surface area contributed by atoms with Crippen molar-refractivity contribution >= 4 is 0 Å². The molecule has 1 atom stereocenters. The SMILES string of the molecule is COc1ccc(CC(C#N)(Cc2cccnc2)c2cccc(F)c2)cc1. The molecule has 3 nitrogen and oxygen atoms in total. The molecule has 4 heteroatoms. The summed E-state index contributed by atoms with van der Waals surface area (Å²) in [7, 11) is 1.61. The summed E-state index contributed by atoms with van der Waals surface area (Å²) in [5.41, 5.74) is 1.70. The van der Waals surface area contributed by atoms with Crippen LogP contribution in [0.1, 0.15) is 16.7 Å². The van der Waals surface area contributed by atoms with Crippen molar-refractivity contribution in [3.05, 3.63) is 95.6 Å². The second kappa shape index (κ2) is 7.79. The van der Waals surface area contributed by atoms with Gasteiger partial charge in [0.2, 0.25) is 0 Å². The third-order valence-corrected chi connectivity index (χ3v) is 4.48. The molecule has 0 N–H and O–H groups in total. The van der Waals surface area contributed by atoms with Crippen LogP contribution in [0.3, 0.4) is 0 Å². The van der Waals surface area contributed by atoms with Crippen molar-refractivity contribution in [3.63, 3.8) is 0 Å². The van der Waals surface area contributed by atoms with Gasteiger partial charge in [0.25, 0.3) is 0 Å². The largest absolute Gasteiger partial charge is 0.497 e. The van der Waals surface area contributed by atoms with E-state index < -0.39 is 5.41 Å². The number of halogens is 1. The lowest BCUT2D eigenvalue weighted by molar-refractivity contribution is 0.414. The van der Waals surface area contributed by atoms with E-state index in [4.69, 9.17) is 4.74 Å². The fourth-order valence-electron chi connectivity index (χ4n) is 3.14. The van der Waals surface area contributed by atoms with Gasteiger partial charge in [0.05, 0.1) is 18.6 Å². The Bertz CT molecular complexity index is 903. The van der Waals surface area contributed by atoms with Crippen molar-refractivity contribution in [2.45, 2.75) is 18.3 Å². The smallest absolute Gasteiger partial charge is 0.123 e. The van der Waals surface area contributed by atoms with Gasteiger partial charge < -0.3 is 4.74 Å². The Morgan fingerprint density at radius 1 is 1.04 bits per heavy atom. The highest BCUT2D eigenvalue weighted by Gasteiger charge is 2.33. The topological polar surface area (TPSA) is 45.9 Å². The zero-order valence-electron chi connectivity index (χ0n) is 14.5. The number of pyridine rings is 1. The Morgan fingerprint density at radius 3 is 2.42 bits per heavy atom. The number of nitrogens with zero attached hydrogens (tertiary/aromatic N) is 2. The minimum atomic E-state index is -0.889. The van der Waals surface area contributed by atoms with E-state index in [0.717, 1.165) is 16.9 Å². The first-order valence-electron chi connectivity index (χ1n) is 8.34. The standard InChI is InChI=1S/C22H19FN2O/c1-26-21-9-7-17(8-10-21)13-22(16-24,14-18-4-3-11-25-15-18)19-5-2-6-20(23)12-19/h2-12,15H,13-14H2,1H3. The number of hydrogen-bond donors (Lipinski definition) is 0. The van der Waals surface area contributed by atoms with E-state index >= 15 is 0 Å². The van der Waals surface area contributed by atoms with Gasteiger partial charge >= 0.3 is 0 Å². The van der Waals surface area contributed by atoms with E-state index in [1.54, 1.807) is 25.6 Å². The van der Waals surface area contributed by atoms with Crippen molar-refractivity contribution in [1.29, 1.82) is 5.26 Å². The van der Waals surface area contributed by atoms with Crippen LogP contribution in [-0.2, 0) is 18.3 Å². The molecule has 0 aliphatic rings. The van der Waals surface area contributed by atoms with Crippen LogP contribution in [-0.4, -0.2) is 12.1 Å². The molecule has 0 bridgehead atoms. The van der Waals surface area contributed by atoms with E-state index in [1.165, 1.54) is 12.1 Å². The number of aromatic nitrogens is 1. The molecule has 0 saturated heterocycles. The molecule has 3 rings (SSSR count). The second-order valence-electron chi connectivity index (χ2n) is 6.27. The van der Waals surface area contributed by atoms with E-state index in [-0.39, 0.29) is 5.82 Å². The minimum Gasteiger partial charge on any atom is -0.497 e. The highest BCUT2D eigenvalue weighted by atomic mass is 19.1. The third-order valence-electron chi connectivity index (χ3n) is 4.48. The Balaban J connectivity index is 2.03. The van der Waals surface area contributed by atoms with Gasteiger partial charge in [-0.05, 0) is 59.9 Å². The average Bonchev–Trinajstić information content (AvgIpc) is 2.69. The summed E-state index contributed by atoms with van der Waals surface area (Å²) in [4.78, 5) is 4.14. The monoisotopic (exact) mass is 346 g/mol. The molecule has 0 aliphatic carbocycles. The lowest BCUT2D eigenvalue weighted by atomic mass is 9.72. The number of benzene rings is 2. The van der Waals surface area contributed by atoms with Gasteiger partial charge in [0, 0.05) is 12.4 Å². The van der Waals surface area contributed by atoms with Crippen molar-refractivity contribution in [2.24, 2.45) is 0 Å². The summed E-state index contributed by atoms with van der Waals surface area (Å²) < 4.78 is 19.1. The molecule has 3 aromatic rings. The maximum absolute atomic E-state index is 13.9. The Kier molecular flexibility index (Phi) is 5.28. The molecule has 26 heavy (non-hydrogen) atoms. The normalized spacial score (nSPS) is 12.8. The van der Waals surface area contributed by atoms with Crippen LogP contribution < -0.4 is 4.74 Å². The molecule has 130 valence electrons. The van der Waals surface area contributed by atoms with Crippen molar-refractivity contribution in [3.8, 4) is 11.8 Å². The van der Waals surface area contributed by atoms with Crippen LogP contribution in [0.5, 0.6) is 5.75 Å². The fraction of sp³-hybridized carbons (Fsp3) is 0.182. The van der Waals surface area contributed by atoms with Crippen LogP contribution in [0.25, 0.3) is 0 Å². The molecule has 1 aromatic heterocycles. The van der Waals surface area contributed by atoms with Crippen molar-refractivity contribution in [1.82, 2.24) is 4.98 Å². The van der Waals surface area contributed by atoms with Gasteiger partial charge in [-0.3, -0.25) is 4.98 Å². The van der Waals surface area contributed by atoms with Gasteiger partial charge in [-0.15, -0.1) is 0 Å². The number of methoxy groups -OCH3 is 1. The summed E-state index contributed by atoms with van der Waals surface area (Å²) in [6.07, 6.45) is 4.36. The summed E-state index contributed by atoms with van der Waals surface area (Å²) in [5, 5.41) is 10.1. The van der Waals surface area contributed by atoms with Crippen LogP contribution in [0.2, 0.25) is 0 Å². The predicted molar refractivity (Wildman–Crippen MR) is 98.3 cm³/mol. The lowest BCUT2D eigenvalue weighted by Crippen LogP contribution is -2.30. The molecular weight excluding hydrogens is 327 g/mol. The van der Waals surface area contributed by atoms with E-state index in [9.17, 15) is 9.65 Å². The third kappa shape index (κ3) is 3.89. The molecule has 2 aromatic carbocycles. The number of ether oxygens (including phenoxy) is 1. The summed E-state index contributed by atoms with van der Waals surface area (Å²) >= 11 is 0. The highest BCUT2D eigenvalue weighted by molar-refractivity contribution is 5.39. The maximum atomic E-state index is 13.9. The quantitative estimate of drug-likeness (QED) is 0.661. The molecule has 0 aliphatic heterocycles. The first-order chi connectivity index (χ1) is 12.6. The Labute approximate surface area is 152 Å². The summed E-state index contributed by atoms with van der Waals surface area (Å²) in [6, 6.07) is 20.1. The second-order valence-corrected chi connectivity index (χ2v) is 6.27. The van der Waals surface area contributed by atoms with Gasteiger partial charge in [-0.2, -0.15) is 5.26 Å². The van der Waals surface area contributed by atoms with Crippen LogP contribution in [0.15, 0.2) is 73.1 Å². The van der Waals surface area contributed by atoms with Crippen LogP contribution >= 0.6 is 0 Å². The lowest BCUT2D eigenvalue weighted by Gasteiger charge is -2.28. The van der Waals surface area contributed by atoms with E-state index in [0.29, 0.717) is 18.4 Å². The number of nitriles is 1. The zero-order chi connectivity index (χ0) is 18.4. The predicted octanol–water partition coefficient (Wildman–Crippen LogP) is 4.48. The molecule has 1 heterocycles. The zero-order valence-corrected chi connectivity index (χ0v) is 14.5. The maximum Gasteiger partial charge on any atom is 0.123 e. The molecule has 1 unspecified atom stereocenters. The van der Waals surface area contributed by atoms with E-state index in [1.807, 2.05) is 42.5 Å². The van der Waals surface area contributed by atoms with Gasteiger partial charge in [0.1, 0.15) is 11.6 Å². The highest BCUT2D eigenvalue weighted by Crippen LogP contribution is 2.33. The molecule has 0 radical (unpaired) electrons. The van der Waals surface area contributed by atoms with Gasteiger partial charge in [-0.25, -0.2) is 4.39 Å².